The summed E-state index contributed by atoms with van der Waals surface area (Å²) in [5.74, 6) is -1.06. The molecule has 3 aromatic carbocycles. The number of aryl methyl sites for hydroxylation is 1. The summed E-state index contributed by atoms with van der Waals surface area (Å²) in [6, 6.07) is 23.0. The Bertz CT molecular complexity index is 1290. The van der Waals surface area contributed by atoms with Crippen LogP contribution < -0.4 is 5.56 Å². The van der Waals surface area contributed by atoms with Crippen molar-refractivity contribution in [2.24, 2.45) is 10.2 Å². The van der Waals surface area contributed by atoms with Crippen LogP contribution in [0.4, 0.5) is 11.4 Å². The molecular weight excluding hydrogens is 380 g/mol. The van der Waals surface area contributed by atoms with Crippen LogP contribution in [0.5, 0.6) is 0 Å². The molecule has 7 heteroatoms. The molecule has 1 heterocycles. The van der Waals surface area contributed by atoms with Crippen molar-refractivity contribution in [1.82, 2.24) is 9.78 Å². The number of benzene rings is 3. The van der Waals surface area contributed by atoms with Gasteiger partial charge in [0.2, 0.25) is 0 Å². The second-order valence-electron chi connectivity index (χ2n) is 6.73. The molecule has 0 aliphatic carbocycles. The zero-order valence-electron chi connectivity index (χ0n) is 16.1. The van der Waals surface area contributed by atoms with Gasteiger partial charge in [0.15, 0.2) is 5.69 Å². The first-order valence-corrected chi connectivity index (χ1v) is 9.25. The van der Waals surface area contributed by atoms with Gasteiger partial charge in [-0.15, -0.1) is 5.11 Å². The third kappa shape index (κ3) is 3.81. The number of carbonyl (C=O) groups is 1. The number of carboxylic acids is 1. The van der Waals surface area contributed by atoms with Crippen LogP contribution in [0.1, 0.15) is 15.9 Å². The lowest BCUT2D eigenvalue weighted by atomic mass is 10.1. The van der Waals surface area contributed by atoms with E-state index in [2.05, 4.69) is 15.3 Å². The molecular formula is C23H18N4O3. The van der Waals surface area contributed by atoms with Gasteiger partial charge in [0.1, 0.15) is 0 Å². The number of rotatable bonds is 5. The van der Waals surface area contributed by atoms with Gasteiger partial charge >= 0.3 is 5.97 Å². The predicted octanol–water partition coefficient (Wildman–Crippen LogP) is 5.25. The van der Waals surface area contributed by atoms with Crippen molar-refractivity contribution < 1.29 is 9.90 Å². The molecule has 0 radical (unpaired) electrons. The number of H-pyrrole nitrogens is 1. The third-order valence-corrected chi connectivity index (χ3v) is 4.58. The van der Waals surface area contributed by atoms with Crippen LogP contribution in [-0.2, 0) is 0 Å². The number of nitrogens with one attached hydrogen (secondary N) is 1. The summed E-state index contributed by atoms with van der Waals surface area (Å²) in [5, 5.41) is 20.6. The van der Waals surface area contributed by atoms with Crippen molar-refractivity contribution in [3.05, 3.63) is 100 Å². The first-order valence-electron chi connectivity index (χ1n) is 9.25. The van der Waals surface area contributed by atoms with E-state index in [1.807, 2.05) is 61.5 Å². The monoisotopic (exact) mass is 398 g/mol. The molecule has 0 aliphatic heterocycles. The van der Waals surface area contributed by atoms with Crippen molar-refractivity contribution in [3.8, 4) is 16.9 Å². The number of nitrogens with zero attached hydrogens (tertiary/aromatic N) is 3. The number of aromatic nitrogens is 2. The smallest absolute Gasteiger partial charge is 0.335 e. The second kappa shape index (κ2) is 8.00. The highest BCUT2D eigenvalue weighted by atomic mass is 16.4. The fourth-order valence-corrected chi connectivity index (χ4v) is 3.01. The molecule has 0 atom stereocenters. The number of hydrogen-bond donors (Lipinski definition) is 2. The Labute approximate surface area is 172 Å². The van der Waals surface area contributed by atoms with E-state index in [0.717, 1.165) is 11.1 Å². The molecule has 30 heavy (non-hydrogen) atoms. The maximum Gasteiger partial charge on any atom is 0.335 e. The SMILES string of the molecule is Cc1ccc(-n2[nH]c(-c3ccccc3)c(N=Nc3cccc(C(=O)O)c3)c2=O)cc1. The first-order chi connectivity index (χ1) is 14.5. The zero-order valence-corrected chi connectivity index (χ0v) is 16.1. The van der Waals surface area contributed by atoms with Gasteiger partial charge in [0.05, 0.1) is 22.6 Å². The van der Waals surface area contributed by atoms with E-state index in [-0.39, 0.29) is 16.8 Å². The average Bonchev–Trinajstić information content (AvgIpc) is 3.10. The Hall–Kier alpha value is -4.26. The lowest BCUT2D eigenvalue weighted by Gasteiger charge is -2.02. The molecule has 0 saturated carbocycles. The lowest BCUT2D eigenvalue weighted by Crippen LogP contribution is -2.13. The Balaban J connectivity index is 1.83. The van der Waals surface area contributed by atoms with E-state index in [9.17, 15) is 9.59 Å². The highest BCUT2D eigenvalue weighted by Gasteiger charge is 2.17. The van der Waals surface area contributed by atoms with E-state index in [1.54, 1.807) is 12.1 Å². The largest absolute Gasteiger partial charge is 0.478 e. The van der Waals surface area contributed by atoms with E-state index < -0.39 is 5.97 Å². The second-order valence-corrected chi connectivity index (χ2v) is 6.73. The summed E-state index contributed by atoms with van der Waals surface area (Å²) in [7, 11) is 0. The summed E-state index contributed by atoms with van der Waals surface area (Å²) >= 11 is 0. The normalized spacial score (nSPS) is 11.1. The van der Waals surface area contributed by atoms with Crippen molar-refractivity contribution in [1.29, 1.82) is 0 Å². The average molecular weight is 398 g/mol. The zero-order chi connectivity index (χ0) is 21.1. The minimum absolute atomic E-state index is 0.0980. The van der Waals surface area contributed by atoms with E-state index >= 15 is 0 Å². The molecule has 0 unspecified atom stereocenters. The van der Waals surface area contributed by atoms with Crippen molar-refractivity contribution >= 4 is 17.3 Å². The fraction of sp³-hybridized carbons (Fsp3) is 0.0435. The summed E-state index contributed by atoms with van der Waals surface area (Å²) in [6.45, 7) is 1.97. The lowest BCUT2D eigenvalue weighted by molar-refractivity contribution is 0.0697. The molecule has 148 valence electrons. The van der Waals surface area contributed by atoms with Gasteiger partial charge in [-0.05, 0) is 37.3 Å². The Morgan fingerprint density at radius 1 is 0.933 bits per heavy atom. The molecule has 4 rings (SSSR count). The highest BCUT2D eigenvalue weighted by Crippen LogP contribution is 2.28. The Morgan fingerprint density at radius 3 is 2.37 bits per heavy atom. The van der Waals surface area contributed by atoms with Gasteiger partial charge < -0.3 is 5.11 Å². The highest BCUT2D eigenvalue weighted by molar-refractivity contribution is 5.88. The van der Waals surface area contributed by atoms with Crippen LogP contribution in [0.2, 0.25) is 0 Å². The van der Waals surface area contributed by atoms with Crippen molar-refractivity contribution in [2.45, 2.75) is 6.92 Å². The molecule has 2 N–H and O–H groups in total. The van der Waals surface area contributed by atoms with Crippen LogP contribution in [0, 0.1) is 6.92 Å². The Kier molecular flexibility index (Phi) is 5.09. The number of carboxylic acid groups (broad SMARTS) is 1. The van der Waals surface area contributed by atoms with Crippen LogP contribution in [0.25, 0.3) is 16.9 Å². The van der Waals surface area contributed by atoms with Crippen molar-refractivity contribution in [3.63, 3.8) is 0 Å². The van der Waals surface area contributed by atoms with Crippen LogP contribution in [0.3, 0.4) is 0 Å². The quantitative estimate of drug-likeness (QED) is 0.449. The molecule has 0 saturated heterocycles. The van der Waals surface area contributed by atoms with Gasteiger partial charge in [-0.25, -0.2) is 9.48 Å². The van der Waals surface area contributed by atoms with Crippen LogP contribution in [-0.4, -0.2) is 20.9 Å². The van der Waals surface area contributed by atoms with Crippen molar-refractivity contribution in [2.75, 3.05) is 0 Å². The van der Waals surface area contributed by atoms with Gasteiger partial charge in [0, 0.05) is 5.56 Å². The summed E-state index contributed by atoms with van der Waals surface area (Å²) < 4.78 is 1.42. The van der Waals surface area contributed by atoms with Gasteiger partial charge in [-0.2, -0.15) is 5.11 Å². The van der Waals surface area contributed by atoms with Gasteiger partial charge in [-0.3, -0.25) is 9.89 Å². The molecule has 0 bridgehead atoms. The third-order valence-electron chi connectivity index (χ3n) is 4.58. The van der Waals surface area contributed by atoms with E-state index in [4.69, 9.17) is 5.11 Å². The summed E-state index contributed by atoms with van der Waals surface area (Å²) in [4.78, 5) is 24.3. The number of aromatic amines is 1. The maximum absolute atomic E-state index is 13.1. The number of hydrogen-bond acceptors (Lipinski definition) is 4. The van der Waals surface area contributed by atoms with E-state index in [0.29, 0.717) is 17.1 Å². The standard InChI is InChI=1S/C23H18N4O3/c1-15-10-12-19(13-11-15)27-22(28)21(20(26-27)16-6-3-2-4-7-16)25-24-18-9-5-8-17(14-18)23(29)30/h2-14,26H,1H3,(H,29,30). The first kappa shape index (κ1) is 19.1. The molecule has 0 spiro atoms. The molecule has 0 amide bonds. The fourth-order valence-electron chi connectivity index (χ4n) is 3.01. The van der Waals surface area contributed by atoms with Crippen LogP contribution in [0.15, 0.2) is 93.9 Å². The molecule has 1 aromatic heterocycles. The van der Waals surface area contributed by atoms with Gasteiger partial charge in [-0.1, -0.05) is 54.1 Å². The minimum atomic E-state index is -1.06. The predicted molar refractivity (Wildman–Crippen MR) is 114 cm³/mol. The number of aromatic carboxylic acids is 1. The molecule has 4 aromatic rings. The molecule has 7 nitrogen and oxygen atoms in total. The summed E-state index contributed by atoms with van der Waals surface area (Å²) in [5.41, 5.74) is 3.31. The number of azo groups is 1. The van der Waals surface area contributed by atoms with Gasteiger partial charge in [0.25, 0.3) is 5.56 Å². The van der Waals surface area contributed by atoms with E-state index in [1.165, 1.54) is 16.8 Å². The van der Waals surface area contributed by atoms with Crippen LogP contribution >= 0.6 is 0 Å². The Morgan fingerprint density at radius 2 is 1.67 bits per heavy atom. The molecule has 0 aliphatic rings. The maximum atomic E-state index is 13.1. The topological polar surface area (TPSA) is 99.8 Å². The minimum Gasteiger partial charge on any atom is -0.478 e. The summed E-state index contributed by atoms with van der Waals surface area (Å²) in [6.07, 6.45) is 0. The molecule has 0 fully saturated rings.